The zero-order valence-electron chi connectivity index (χ0n) is 12.9. The van der Waals surface area contributed by atoms with Gasteiger partial charge in [-0.2, -0.15) is 0 Å². The molecule has 3 N–H and O–H groups in total. The Morgan fingerprint density at radius 1 is 1.23 bits per heavy atom. The van der Waals surface area contributed by atoms with Gasteiger partial charge in [-0.05, 0) is 50.2 Å². The third-order valence-corrected chi connectivity index (χ3v) is 4.68. The molecule has 1 aromatic rings. The van der Waals surface area contributed by atoms with Crippen LogP contribution in [0.15, 0.2) is 18.2 Å². The first-order chi connectivity index (χ1) is 10.7. The minimum absolute atomic E-state index is 0.199. The highest BCUT2D eigenvalue weighted by Gasteiger charge is 2.25. The molecule has 1 aromatic heterocycles. The molecular formula is C17H25N3O2. The Morgan fingerprint density at radius 3 is 2.82 bits per heavy atom. The van der Waals surface area contributed by atoms with E-state index in [0.29, 0.717) is 24.2 Å². The molecule has 5 heteroatoms. The molecule has 0 bridgehead atoms. The number of aliphatic hydroxyl groups excluding tert-OH is 1. The largest absolute Gasteiger partial charge is 0.393 e. The summed E-state index contributed by atoms with van der Waals surface area (Å²) in [6.07, 6.45) is 7.31. The van der Waals surface area contributed by atoms with Gasteiger partial charge in [0.05, 0.1) is 6.10 Å². The number of aliphatic hydroxyl groups is 1. The summed E-state index contributed by atoms with van der Waals surface area (Å²) in [6.45, 7) is 0.593. The zero-order valence-corrected chi connectivity index (χ0v) is 12.9. The van der Waals surface area contributed by atoms with Crippen LogP contribution in [0.1, 0.15) is 56.6 Å². The van der Waals surface area contributed by atoms with Crippen molar-refractivity contribution in [3.05, 3.63) is 23.9 Å². The minimum atomic E-state index is -0.217. The van der Waals surface area contributed by atoms with Gasteiger partial charge in [0.15, 0.2) is 0 Å². The first kappa shape index (κ1) is 15.3. The molecule has 0 aliphatic heterocycles. The molecule has 2 atom stereocenters. The summed E-state index contributed by atoms with van der Waals surface area (Å²) in [6, 6.07) is 5.56. The van der Waals surface area contributed by atoms with E-state index in [1.165, 1.54) is 19.3 Å². The molecule has 120 valence electrons. The van der Waals surface area contributed by atoms with Crippen LogP contribution in [0.5, 0.6) is 0 Å². The van der Waals surface area contributed by atoms with E-state index in [0.717, 1.165) is 31.4 Å². The first-order valence-corrected chi connectivity index (χ1v) is 8.42. The number of carbonyl (C=O) groups excluding carboxylic acids is 1. The van der Waals surface area contributed by atoms with E-state index < -0.39 is 0 Å². The quantitative estimate of drug-likeness (QED) is 0.782. The van der Waals surface area contributed by atoms with Crippen molar-refractivity contribution >= 4 is 11.8 Å². The Labute approximate surface area is 131 Å². The van der Waals surface area contributed by atoms with Crippen molar-refractivity contribution < 1.29 is 9.90 Å². The van der Waals surface area contributed by atoms with Gasteiger partial charge in [-0.1, -0.05) is 18.9 Å². The van der Waals surface area contributed by atoms with Crippen LogP contribution in [0.2, 0.25) is 0 Å². The van der Waals surface area contributed by atoms with Crippen molar-refractivity contribution in [3.63, 3.8) is 0 Å². The van der Waals surface area contributed by atoms with Crippen molar-refractivity contribution in [2.45, 2.75) is 57.0 Å². The molecule has 0 saturated heterocycles. The van der Waals surface area contributed by atoms with Crippen molar-refractivity contribution in [3.8, 4) is 0 Å². The Hall–Kier alpha value is -1.62. The third-order valence-electron chi connectivity index (χ3n) is 4.68. The zero-order chi connectivity index (χ0) is 15.4. The molecule has 0 unspecified atom stereocenters. The average molecular weight is 303 g/mol. The number of hydrogen-bond acceptors (Lipinski definition) is 3. The number of urea groups is 1. The molecule has 2 fully saturated rings. The summed E-state index contributed by atoms with van der Waals surface area (Å²) in [5.74, 6) is 1.52. The number of nitrogens with zero attached hydrogens (tertiary/aromatic N) is 1. The van der Waals surface area contributed by atoms with Gasteiger partial charge in [0, 0.05) is 18.2 Å². The lowest BCUT2D eigenvalue weighted by atomic mass is 9.84. The van der Waals surface area contributed by atoms with Crippen LogP contribution < -0.4 is 10.6 Å². The summed E-state index contributed by atoms with van der Waals surface area (Å²) in [5, 5.41) is 15.6. The summed E-state index contributed by atoms with van der Waals surface area (Å²) < 4.78 is 0. The topological polar surface area (TPSA) is 74.2 Å². The van der Waals surface area contributed by atoms with Crippen molar-refractivity contribution in [1.82, 2.24) is 10.3 Å². The molecule has 2 amide bonds. The van der Waals surface area contributed by atoms with Crippen LogP contribution in [0, 0.1) is 5.92 Å². The van der Waals surface area contributed by atoms with Gasteiger partial charge < -0.3 is 10.4 Å². The SMILES string of the molecule is O=C(NCC[C@H]1CCCC[C@H]1O)Nc1cccc(C2CC2)n1. The lowest BCUT2D eigenvalue weighted by Gasteiger charge is -2.27. The molecule has 5 nitrogen and oxygen atoms in total. The Morgan fingerprint density at radius 2 is 2.05 bits per heavy atom. The van der Waals surface area contributed by atoms with Crippen LogP contribution in [0.3, 0.4) is 0 Å². The molecule has 2 aliphatic carbocycles. The van der Waals surface area contributed by atoms with E-state index in [1.54, 1.807) is 0 Å². The Balaban J connectivity index is 1.41. The molecule has 3 rings (SSSR count). The van der Waals surface area contributed by atoms with Gasteiger partial charge in [-0.25, -0.2) is 9.78 Å². The fourth-order valence-electron chi connectivity index (χ4n) is 3.18. The van der Waals surface area contributed by atoms with Crippen LogP contribution >= 0.6 is 0 Å². The summed E-state index contributed by atoms with van der Waals surface area (Å²) in [7, 11) is 0. The fourth-order valence-corrected chi connectivity index (χ4v) is 3.18. The second kappa shape index (κ2) is 7.09. The van der Waals surface area contributed by atoms with Gasteiger partial charge in [0.1, 0.15) is 5.82 Å². The van der Waals surface area contributed by atoms with Gasteiger partial charge in [0.25, 0.3) is 0 Å². The smallest absolute Gasteiger partial charge is 0.320 e. The van der Waals surface area contributed by atoms with Gasteiger partial charge in [-0.15, -0.1) is 0 Å². The highest BCUT2D eigenvalue weighted by Crippen LogP contribution is 2.39. The molecule has 0 radical (unpaired) electrons. The Kier molecular flexibility index (Phi) is 4.93. The molecule has 2 saturated carbocycles. The minimum Gasteiger partial charge on any atom is -0.393 e. The van der Waals surface area contributed by atoms with E-state index in [2.05, 4.69) is 15.6 Å². The lowest BCUT2D eigenvalue weighted by Crippen LogP contribution is -2.33. The number of pyridine rings is 1. The van der Waals surface area contributed by atoms with Crippen molar-refractivity contribution in [2.24, 2.45) is 5.92 Å². The lowest BCUT2D eigenvalue weighted by molar-refractivity contribution is 0.0658. The molecule has 22 heavy (non-hydrogen) atoms. The van der Waals surface area contributed by atoms with E-state index in [9.17, 15) is 9.90 Å². The average Bonchev–Trinajstić information content (AvgIpc) is 3.34. The predicted octanol–water partition coefficient (Wildman–Crippen LogP) is 3.02. The second-order valence-corrected chi connectivity index (χ2v) is 6.50. The molecular weight excluding hydrogens is 278 g/mol. The third kappa shape index (κ3) is 4.19. The maximum absolute atomic E-state index is 11.9. The number of rotatable bonds is 5. The number of hydrogen-bond donors (Lipinski definition) is 3. The highest BCUT2D eigenvalue weighted by atomic mass is 16.3. The fraction of sp³-hybridized carbons (Fsp3) is 0.647. The number of anilines is 1. The summed E-state index contributed by atoms with van der Waals surface area (Å²) in [5.41, 5.74) is 1.07. The molecule has 0 spiro atoms. The van der Waals surface area contributed by atoms with Gasteiger partial charge in [-0.3, -0.25) is 5.32 Å². The second-order valence-electron chi connectivity index (χ2n) is 6.50. The normalized spacial score (nSPS) is 24.8. The number of carbonyl (C=O) groups is 1. The van der Waals surface area contributed by atoms with E-state index in [4.69, 9.17) is 0 Å². The number of nitrogens with one attached hydrogen (secondary N) is 2. The monoisotopic (exact) mass is 303 g/mol. The number of amides is 2. The standard InChI is InChI=1S/C17H25N3O2/c21-15-6-2-1-4-13(15)10-11-18-17(22)20-16-7-3-5-14(19-16)12-8-9-12/h3,5,7,12-13,15,21H,1-2,4,6,8-11H2,(H2,18,19,20,22)/t13-,15-/m1/s1. The highest BCUT2D eigenvalue weighted by molar-refractivity contribution is 5.88. The van der Waals surface area contributed by atoms with Crippen molar-refractivity contribution in [1.29, 1.82) is 0 Å². The van der Waals surface area contributed by atoms with Crippen LogP contribution in [0.25, 0.3) is 0 Å². The predicted molar refractivity (Wildman–Crippen MR) is 85.8 cm³/mol. The maximum Gasteiger partial charge on any atom is 0.320 e. The summed E-state index contributed by atoms with van der Waals surface area (Å²) >= 11 is 0. The maximum atomic E-state index is 11.9. The molecule has 0 aromatic carbocycles. The van der Waals surface area contributed by atoms with Gasteiger partial charge in [0.2, 0.25) is 0 Å². The van der Waals surface area contributed by atoms with Crippen LogP contribution in [0.4, 0.5) is 10.6 Å². The van der Waals surface area contributed by atoms with E-state index in [-0.39, 0.29) is 12.1 Å². The molecule has 2 aliphatic rings. The number of aromatic nitrogens is 1. The first-order valence-electron chi connectivity index (χ1n) is 8.42. The molecule has 1 heterocycles. The van der Waals surface area contributed by atoms with Crippen molar-refractivity contribution in [2.75, 3.05) is 11.9 Å². The van der Waals surface area contributed by atoms with E-state index in [1.807, 2.05) is 18.2 Å². The van der Waals surface area contributed by atoms with Crippen LogP contribution in [-0.2, 0) is 0 Å². The van der Waals surface area contributed by atoms with E-state index >= 15 is 0 Å². The summed E-state index contributed by atoms with van der Waals surface area (Å²) in [4.78, 5) is 16.4. The van der Waals surface area contributed by atoms with Gasteiger partial charge >= 0.3 is 6.03 Å². The Bertz CT molecular complexity index is 516. The van der Waals surface area contributed by atoms with Crippen LogP contribution in [-0.4, -0.2) is 28.8 Å².